The topological polar surface area (TPSA) is 42.2 Å². The van der Waals surface area contributed by atoms with Crippen LogP contribution in [0.25, 0.3) is 0 Å². The third kappa shape index (κ3) is 2.46. The maximum Gasteiger partial charge on any atom is 0.146 e. The van der Waals surface area contributed by atoms with Crippen LogP contribution in [0.4, 0.5) is 21.6 Å². The number of nitrogen functional groups attached to an aromatic ring is 1. The van der Waals surface area contributed by atoms with Gasteiger partial charge in [-0.1, -0.05) is 15.9 Å². The minimum atomic E-state index is -0.294. The Labute approximate surface area is 114 Å². The van der Waals surface area contributed by atoms with Crippen LogP contribution in [0.1, 0.15) is 5.69 Å². The molecule has 1 heterocycles. The van der Waals surface area contributed by atoms with Crippen LogP contribution in [0.3, 0.4) is 0 Å². The minimum absolute atomic E-state index is 0.294. The Morgan fingerprint density at radius 2 is 2.00 bits per heavy atom. The Hall–Kier alpha value is -1.62. The van der Waals surface area contributed by atoms with E-state index in [9.17, 15) is 4.39 Å². The second-order valence-electron chi connectivity index (χ2n) is 4.00. The molecule has 2 aromatic rings. The fourth-order valence-electron chi connectivity index (χ4n) is 1.61. The highest BCUT2D eigenvalue weighted by atomic mass is 79.9. The van der Waals surface area contributed by atoms with E-state index < -0.39 is 0 Å². The van der Waals surface area contributed by atoms with E-state index in [1.54, 1.807) is 36.2 Å². The number of anilines is 3. The fourth-order valence-corrected chi connectivity index (χ4v) is 1.96. The molecule has 0 unspecified atom stereocenters. The van der Waals surface area contributed by atoms with Gasteiger partial charge in [0.05, 0.1) is 17.1 Å². The first-order valence-electron chi connectivity index (χ1n) is 5.41. The highest BCUT2D eigenvalue weighted by Crippen LogP contribution is 2.28. The molecular formula is C13H13BrFN3. The van der Waals surface area contributed by atoms with E-state index in [-0.39, 0.29) is 5.82 Å². The zero-order valence-corrected chi connectivity index (χ0v) is 11.7. The summed E-state index contributed by atoms with van der Waals surface area (Å²) in [5, 5.41) is 0. The van der Waals surface area contributed by atoms with Crippen LogP contribution in [0.15, 0.2) is 34.8 Å². The highest BCUT2D eigenvalue weighted by molar-refractivity contribution is 9.10. The molecule has 0 atom stereocenters. The molecule has 3 nitrogen and oxygen atoms in total. The normalized spacial score (nSPS) is 10.4. The lowest BCUT2D eigenvalue weighted by atomic mass is 10.2. The summed E-state index contributed by atoms with van der Waals surface area (Å²) < 4.78 is 14.6. The van der Waals surface area contributed by atoms with E-state index in [4.69, 9.17) is 5.73 Å². The van der Waals surface area contributed by atoms with Crippen LogP contribution < -0.4 is 10.6 Å². The molecule has 2 N–H and O–H groups in total. The maximum absolute atomic E-state index is 13.8. The van der Waals surface area contributed by atoms with Crippen molar-refractivity contribution in [3.8, 4) is 0 Å². The molecule has 0 fully saturated rings. The van der Waals surface area contributed by atoms with Gasteiger partial charge in [-0.3, -0.25) is 0 Å². The fraction of sp³-hybridized carbons (Fsp3) is 0.154. The number of hydrogen-bond donors (Lipinski definition) is 1. The number of aryl methyl sites for hydroxylation is 1. The molecule has 1 aromatic carbocycles. The number of hydrogen-bond acceptors (Lipinski definition) is 3. The third-order valence-corrected chi connectivity index (χ3v) is 3.22. The molecule has 94 valence electrons. The summed E-state index contributed by atoms with van der Waals surface area (Å²) in [4.78, 5) is 6.03. The van der Waals surface area contributed by atoms with Crippen LogP contribution in [0, 0.1) is 12.7 Å². The minimum Gasteiger partial charge on any atom is -0.397 e. The average molecular weight is 310 g/mol. The van der Waals surface area contributed by atoms with E-state index in [1.165, 1.54) is 6.07 Å². The largest absolute Gasteiger partial charge is 0.397 e. The first-order valence-corrected chi connectivity index (χ1v) is 6.20. The van der Waals surface area contributed by atoms with Gasteiger partial charge >= 0.3 is 0 Å². The van der Waals surface area contributed by atoms with E-state index >= 15 is 0 Å². The molecule has 0 aliphatic heterocycles. The zero-order valence-electron chi connectivity index (χ0n) is 10.1. The lowest BCUT2D eigenvalue weighted by molar-refractivity contribution is 0.627. The van der Waals surface area contributed by atoms with Crippen LogP contribution in [0.2, 0.25) is 0 Å². The number of benzene rings is 1. The summed E-state index contributed by atoms with van der Waals surface area (Å²) in [5.41, 5.74) is 7.54. The molecule has 0 aliphatic rings. The van der Waals surface area contributed by atoms with Crippen molar-refractivity contribution in [2.75, 3.05) is 17.7 Å². The summed E-state index contributed by atoms with van der Waals surface area (Å²) in [6.07, 6.45) is 0. The van der Waals surface area contributed by atoms with Gasteiger partial charge in [-0.25, -0.2) is 9.37 Å². The van der Waals surface area contributed by atoms with Crippen LogP contribution >= 0.6 is 15.9 Å². The number of halogens is 2. The summed E-state index contributed by atoms with van der Waals surface area (Å²) in [6.45, 7) is 1.82. The molecule has 2 rings (SSSR count). The van der Waals surface area contributed by atoms with E-state index in [0.29, 0.717) is 17.2 Å². The van der Waals surface area contributed by atoms with Crippen molar-refractivity contribution in [1.29, 1.82) is 0 Å². The van der Waals surface area contributed by atoms with E-state index in [2.05, 4.69) is 20.9 Å². The molecule has 0 aliphatic carbocycles. The van der Waals surface area contributed by atoms with Crippen LogP contribution in [-0.2, 0) is 0 Å². The van der Waals surface area contributed by atoms with Gasteiger partial charge in [-0.2, -0.15) is 0 Å². The van der Waals surface area contributed by atoms with E-state index in [1.807, 2.05) is 6.92 Å². The first kappa shape index (κ1) is 12.8. The molecule has 18 heavy (non-hydrogen) atoms. The van der Waals surface area contributed by atoms with E-state index in [0.717, 1.165) is 10.2 Å². The number of pyridine rings is 1. The quantitative estimate of drug-likeness (QED) is 0.921. The SMILES string of the molecule is Cc1nc(N(C)c2cc(Br)ccc2F)ccc1N. The van der Waals surface area contributed by atoms with Gasteiger partial charge in [-0.05, 0) is 37.3 Å². The number of rotatable bonds is 2. The van der Waals surface area contributed by atoms with Crippen molar-refractivity contribution >= 4 is 33.1 Å². The standard InChI is InChI=1S/C13H13BrFN3/c1-8-11(16)5-6-13(17-8)18(2)12-7-9(14)3-4-10(12)15/h3-7H,16H2,1-2H3. The molecule has 0 amide bonds. The van der Waals surface area contributed by atoms with Gasteiger partial charge in [0.2, 0.25) is 0 Å². The number of nitrogens with two attached hydrogens (primary N) is 1. The second kappa shape index (κ2) is 4.94. The molecular weight excluding hydrogens is 297 g/mol. The Morgan fingerprint density at radius 3 is 2.67 bits per heavy atom. The molecule has 0 spiro atoms. The Kier molecular flexibility index (Phi) is 3.52. The second-order valence-corrected chi connectivity index (χ2v) is 4.91. The summed E-state index contributed by atoms with van der Waals surface area (Å²) in [5.74, 6) is 0.357. The van der Waals surface area contributed by atoms with Crippen molar-refractivity contribution in [2.24, 2.45) is 0 Å². The maximum atomic E-state index is 13.8. The monoisotopic (exact) mass is 309 g/mol. The predicted molar refractivity (Wildman–Crippen MR) is 75.5 cm³/mol. The van der Waals surface area contributed by atoms with Crippen LogP contribution in [-0.4, -0.2) is 12.0 Å². The molecule has 5 heteroatoms. The van der Waals surface area contributed by atoms with Crippen molar-refractivity contribution in [3.05, 3.63) is 46.3 Å². The van der Waals surface area contributed by atoms with Gasteiger partial charge in [0.15, 0.2) is 0 Å². The Bertz CT molecular complexity index is 586. The van der Waals surface area contributed by atoms with Crippen molar-refractivity contribution in [3.63, 3.8) is 0 Å². The molecule has 0 bridgehead atoms. The number of nitrogens with zero attached hydrogens (tertiary/aromatic N) is 2. The van der Waals surface area contributed by atoms with Crippen molar-refractivity contribution in [2.45, 2.75) is 6.92 Å². The molecule has 0 saturated carbocycles. The average Bonchev–Trinajstić information content (AvgIpc) is 2.35. The first-order chi connectivity index (χ1) is 8.49. The summed E-state index contributed by atoms with van der Waals surface area (Å²) >= 11 is 3.33. The highest BCUT2D eigenvalue weighted by Gasteiger charge is 2.11. The molecule has 0 saturated heterocycles. The van der Waals surface area contributed by atoms with Crippen LogP contribution in [0.5, 0.6) is 0 Å². The molecule has 0 radical (unpaired) electrons. The summed E-state index contributed by atoms with van der Waals surface area (Å²) in [6, 6.07) is 8.32. The lowest BCUT2D eigenvalue weighted by Gasteiger charge is -2.20. The zero-order chi connectivity index (χ0) is 13.3. The van der Waals surface area contributed by atoms with Gasteiger partial charge in [-0.15, -0.1) is 0 Å². The third-order valence-electron chi connectivity index (χ3n) is 2.73. The summed E-state index contributed by atoms with van der Waals surface area (Å²) in [7, 11) is 1.77. The Morgan fingerprint density at radius 1 is 1.28 bits per heavy atom. The number of aromatic nitrogens is 1. The predicted octanol–water partition coefficient (Wildman–Crippen LogP) is 3.64. The lowest BCUT2D eigenvalue weighted by Crippen LogP contribution is -2.13. The van der Waals surface area contributed by atoms with Crippen molar-refractivity contribution < 1.29 is 4.39 Å². The van der Waals surface area contributed by atoms with Gasteiger partial charge in [0, 0.05) is 11.5 Å². The molecule has 1 aromatic heterocycles. The van der Waals surface area contributed by atoms with Gasteiger partial charge in [0.25, 0.3) is 0 Å². The smallest absolute Gasteiger partial charge is 0.146 e. The van der Waals surface area contributed by atoms with Gasteiger partial charge < -0.3 is 10.6 Å². The Balaban J connectivity index is 2.44. The van der Waals surface area contributed by atoms with Gasteiger partial charge in [0.1, 0.15) is 11.6 Å². The van der Waals surface area contributed by atoms with Crippen molar-refractivity contribution in [1.82, 2.24) is 4.98 Å².